The maximum atomic E-state index is 13.5. The van der Waals surface area contributed by atoms with Gasteiger partial charge < -0.3 is 9.88 Å². The number of carbonyl (C=O) groups excluding carboxylic acids is 2. The van der Waals surface area contributed by atoms with Gasteiger partial charge in [-0.1, -0.05) is 60.7 Å². The maximum Gasteiger partial charge on any atom is 0.325 e. The second-order valence-electron chi connectivity index (χ2n) is 6.54. The van der Waals surface area contributed by atoms with Crippen molar-refractivity contribution in [1.29, 1.82) is 0 Å². The first-order valence-electron chi connectivity index (χ1n) is 8.86. The van der Waals surface area contributed by atoms with Crippen molar-refractivity contribution in [1.82, 2.24) is 19.8 Å². The third kappa shape index (κ3) is 2.79. The molecule has 0 saturated carbocycles. The van der Waals surface area contributed by atoms with Gasteiger partial charge in [0.2, 0.25) is 0 Å². The normalized spacial score (nSPS) is 15.8. The number of imide groups is 1. The van der Waals surface area contributed by atoms with Crippen LogP contribution in [0.1, 0.15) is 17.0 Å². The molecule has 6 heteroatoms. The Bertz CT molecular complexity index is 927. The zero-order valence-corrected chi connectivity index (χ0v) is 15.0. The minimum atomic E-state index is -1.20. The number of aryl methyl sites for hydroxylation is 1. The van der Waals surface area contributed by atoms with Crippen LogP contribution < -0.4 is 5.32 Å². The van der Waals surface area contributed by atoms with Gasteiger partial charge in [0.15, 0.2) is 5.54 Å². The fourth-order valence-electron chi connectivity index (χ4n) is 3.56. The number of urea groups is 1. The standard InChI is InChI=1S/C21H20N4O2/c1-16-22-12-13-24(16)14-15-25-19(26)21(23-20(25)27,17-8-4-2-5-9-17)18-10-6-3-7-11-18/h2-13H,14-15H2,1H3,(H,23,27). The van der Waals surface area contributed by atoms with Crippen LogP contribution in [-0.2, 0) is 16.9 Å². The highest BCUT2D eigenvalue weighted by molar-refractivity contribution is 6.09. The highest BCUT2D eigenvalue weighted by Crippen LogP contribution is 2.35. The Labute approximate surface area is 157 Å². The van der Waals surface area contributed by atoms with E-state index in [-0.39, 0.29) is 18.5 Å². The summed E-state index contributed by atoms with van der Waals surface area (Å²) in [5.74, 6) is 0.585. The fourth-order valence-corrected chi connectivity index (χ4v) is 3.56. The van der Waals surface area contributed by atoms with Gasteiger partial charge in [0.05, 0.1) is 0 Å². The third-order valence-electron chi connectivity index (χ3n) is 5.01. The van der Waals surface area contributed by atoms with Crippen LogP contribution in [0.5, 0.6) is 0 Å². The van der Waals surface area contributed by atoms with E-state index in [1.165, 1.54) is 4.90 Å². The topological polar surface area (TPSA) is 67.2 Å². The molecular formula is C21H20N4O2. The average molecular weight is 360 g/mol. The summed E-state index contributed by atoms with van der Waals surface area (Å²) < 4.78 is 1.92. The third-order valence-corrected chi connectivity index (χ3v) is 5.01. The number of imidazole rings is 1. The molecule has 27 heavy (non-hydrogen) atoms. The van der Waals surface area contributed by atoms with E-state index in [4.69, 9.17) is 0 Å². The molecule has 1 aromatic heterocycles. The molecule has 0 spiro atoms. The lowest BCUT2D eigenvalue weighted by atomic mass is 9.82. The van der Waals surface area contributed by atoms with E-state index in [9.17, 15) is 9.59 Å². The number of amides is 3. The van der Waals surface area contributed by atoms with Crippen molar-refractivity contribution in [2.75, 3.05) is 6.54 Å². The first-order valence-corrected chi connectivity index (χ1v) is 8.86. The number of nitrogens with zero attached hydrogens (tertiary/aromatic N) is 3. The van der Waals surface area contributed by atoms with Crippen molar-refractivity contribution in [2.45, 2.75) is 19.0 Å². The summed E-state index contributed by atoms with van der Waals surface area (Å²) in [6, 6.07) is 18.4. The Hall–Kier alpha value is -3.41. The van der Waals surface area contributed by atoms with Gasteiger partial charge >= 0.3 is 6.03 Å². The van der Waals surface area contributed by atoms with Gasteiger partial charge in [-0.05, 0) is 18.1 Å². The highest BCUT2D eigenvalue weighted by atomic mass is 16.2. The van der Waals surface area contributed by atoms with E-state index < -0.39 is 5.54 Å². The van der Waals surface area contributed by atoms with Gasteiger partial charge in [-0.15, -0.1) is 0 Å². The predicted octanol–water partition coefficient (Wildman–Crippen LogP) is 2.69. The minimum Gasteiger partial charge on any atom is -0.333 e. The number of hydrogen-bond donors (Lipinski definition) is 1. The Morgan fingerprint density at radius 3 is 2.04 bits per heavy atom. The highest BCUT2D eigenvalue weighted by Gasteiger charge is 2.53. The van der Waals surface area contributed by atoms with Gasteiger partial charge in [0.1, 0.15) is 5.82 Å². The predicted molar refractivity (Wildman–Crippen MR) is 101 cm³/mol. The largest absolute Gasteiger partial charge is 0.333 e. The molecule has 1 aliphatic heterocycles. The summed E-state index contributed by atoms with van der Waals surface area (Å²) in [7, 11) is 0. The summed E-state index contributed by atoms with van der Waals surface area (Å²) in [5, 5.41) is 2.96. The van der Waals surface area contributed by atoms with Crippen LogP contribution in [0.25, 0.3) is 0 Å². The van der Waals surface area contributed by atoms with Crippen LogP contribution in [0.2, 0.25) is 0 Å². The molecule has 3 aromatic rings. The smallest absolute Gasteiger partial charge is 0.325 e. The molecule has 0 aliphatic carbocycles. The zero-order chi connectivity index (χ0) is 18.9. The Kier molecular flexibility index (Phi) is 4.24. The molecule has 0 bridgehead atoms. The van der Waals surface area contributed by atoms with Crippen LogP contribution in [0.4, 0.5) is 4.79 Å². The number of rotatable bonds is 5. The molecular weight excluding hydrogens is 340 g/mol. The van der Waals surface area contributed by atoms with Crippen LogP contribution in [0.3, 0.4) is 0 Å². The molecule has 4 rings (SSSR count). The van der Waals surface area contributed by atoms with Gasteiger partial charge in [-0.2, -0.15) is 0 Å². The van der Waals surface area contributed by atoms with Crippen molar-refractivity contribution in [3.05, 3.63) is 90.0 Å². The first kappa shape index (κ1) is 17.0. The second-order valence-corrected chi connectivity index (χ2v) is 6.54. The van der Waals surface area contributed by atoms with Crippen molar-refractivity contribution in [3.8, 4) is 0 Å². The fraction of sp³-hybridized carbons (Fsp3) is 0.190. The van der Waals surface area contributed by atoms with Gasteiger partial charge in [0, 0.05) is 25.5 Å². The van der Waals surface area contributed by atoms with E-state index in [0.29, 0.717) is 6.54 Å². The van der Waals surface area contributed by atoms with E-state index in [1.54, 1.807) is 6.20 Å². The molecule has 1 aliphatic rings. The van der Waals surface area contributed by atoms with E-state index in [1.807, 2.05) is 78.4 Å². The molecule has 1 N–H and O–H groups in total. The molecule has 1 saturated heterocycles. The van der Waals surface area contributed by atoms with Crippen molar-refractivity contribution in [2.24, 2.45) is 0 Å². The van der Waals surface area contributed by atoms with Crippen molar-refractivity contribution < 1.29 is 9.59 Å². The lowest BCUT2D eigenvalue weighted by Gasteiger charge is -2.28. The summed E-state index contributed by atoms with van der Waals surface area (Å²) in [6.07, 6.45) is 3.55. The van der Waals surface area contributed by atoms with Crippen molar-refractivity contribution >= 4 is 11.9 Å². The zero-order valence-electron chi connectivity index (χ0n) is 15.0. The minimum absolute atomic E-state index is 0.261. The summed E-state index contributed by atoms with van der Waals surface area (Å²) in [5.41, 5.74) is 0.288. The number of aromatic nitrogens is 2. The average Bonchev–Trinajstić information content (AvgIpc) is 3.22. The molecule has 2 aromatic carbocycles. The van der Waals surface area contributed by atoms with Gasteiger partial charge in [-0.25, -0.2) is 9.78 Å². The summed E-state index contributed by atoms with van der Waals surface area (Å²) in [6.45, 7) is 2.68. The molecule has 3 amide bonds. The van der Waals surface area contributed by atoms with Gasteiger partial charge in [0.25, 0.3) is 5.91 Å². The number of benzene rings is 2. The molecule has 136 valence electrons. The van der Waals surface area contributed by atoms with Crippen LogP contribution in [0, 0.1) is 6.92 Å². The number of nitrogens with one attached hydrogen (secondary N) is 1. The SMILES string of the molecule is Cc1nccn1CCN1C(=O)NC(c2ccccc2)(c2ccccc2)C1=O. The number of hydrogen-bond acceptors (Lipinski definition) is 3. The van der Waals surface area contributed by atoms with Crippen LogP contribution in [-0.4, -0.2) is 32.9 Å². The monoisotopic (exact) mass is 360 g/mol. The lowest BCUT2D eigenvalue weighted by Crippen LogP contribution is -2.45. The van der Waals surface area contributed by atoms with Crippen LogP contribution >= 0.6 is 0 Å². The molecule has 1 fully saturated rings. The Morgan fingerprint density at radius 2 is 1.52 bits per heavy atom. The molecule has 0 radical (unpaired) electrons. The molecule has 6 nitrogen and oxygen atoms in total. The Balaban J connectivity index is 1.72. The van der Waals surface area contributed by atoms with Crippen molar-refractivity contribution in [3.63, 3.8) is 0 Å². The number of carbonyl (C=O) groups is 2. The van der Waals surface area contributed by atoms with E-state index >= 15 is 0 Å². The maximum absolute atomic E-state index is 13.5. The lowest BCUT2D eigenvalue weighted by molar-refractivity contribution is -0.130. The van der Waals surface area contributed by atoms with E-state index in [2.05, 4.69) is 10.3 Å². The quantitative estimate of drug-likeness (QED) is 0.712. The molecule has 0 atom stereocenters. The second kappa shape index (κ2) is 6.72. The summed E-state index contributed by atoms with van der Waals surface area (Å²) >= 11 is 0. The van der Waals surface area contributed by atoms with Crippen LogP contribution in [0.15, 0.2) is 73.1 Å². The van der Waals surface area contributed by atoms with Gasteiger partial charge in [-0.3, -0.25) is 9.69 Å². The first-order chi connectivity index (χ1) is 13.1. The molecule has 2 heterocycles. The molecule has 0 unspecified atom stereocenters. The Morgan fingerprint density at radius 1 is 0.926 bits per heavy atom. The summed E-state index contributed by atoms with van der Waals surface area (Å²) in [4.78, 5) is 31.7. The van der Waals surface area contributed by atoms with E-state index in [0.717, 1.165) is 17.0 Å².